The summed E-state index contributed by atoms with van der Waals surface area (Å²) in [7, 11) is 0. The minimum Gasteiger partial charge on any atom is -0.333 e. The first-order chi connectivity index (χ1) is 7.81. The van der Waals surface area contributed by atoms with E-state index in [4.69, 9.17) is 11.6 Å². The Morgan fingerprint density at radius 1 is 1.31 bits per heavy atom. The molecule has 0 N–H and O–H groups in total. The van der Waals surface area contributed by atoms with Crippen molar-refractivity contribution in [2.45, 2.75) is 18.8 Å². The highest BCUT2D eigenvalue weighted by atomic mass is 35.5. The van der Waals surface area contributed by atoms with Gasteiger partial charge in [-0.2, -0.15) is 0 Å². The van der Waals surface area contributed by atoms with Crippen molar-refractivity contribution in [2.24, 2.45) is 0 Å². The molecule has 0 aliphatic rings. The van der Waals surface area contributed by atoms with Gasteiger partial charge in [-0.1, -0.05) is 18.2 Å². The molecule has 0 atom stereocenters. The highest BCUT2D eigenvalue weighted by Crippen LogP contribution is 2.10. The number of hydrogen-bond acceptors (Lipinski definition) is 1. The molecule has 0 radical (unpaired) electrons. The molecular weight excluding hydrogens is 227 g/mol. The van der Waals surface area contributed by atoms with E-state index < -0.39 is 0 Å². The van der Waals surface area contributed by atoms with Crippen molar-refractivity contribution in [2.75, 3.05) is 0 Å². The van der Waals surface area contributed by atoms with Crippen molar-refractivity contribution >= 4 is 11.6 Å². The van der Waals surface area contributed by atoms with Crippen molar-refractivity contribution < 1.29 is 4.39 Å². The standard InChI is InChI=1S/C12H12ClFN2/c13-7-11-8-15-9-16(11)6-5-10-3-1-2-4-12(10)14/h1-4,8-9H,5-7H2. The van der Waals surface area contributed by atoms with Crippen LogP contribution in [0.1, 0.15) is 11.3 Å². The topological polar surface area (TPSA) is 17.8 Å². The lowest BCUT2D eigenvalue weighted by molar-refractivity contribution is 0.590. The largest absolute Gasteiger partial charge is 0.333 e. The molecule has 0 unspecified atom stereocenters. The number of hydrogen-bond donors (Lipinski definition) is 0. The Labute approximate surface area is 98.7 Å². The van der Waals surface area contributed by atoms with Gasteiger partial charge in [0.05, 0.1) is 17.9 Å². The van der Waals surface area contributed by atoms with Gasteiger partial charge in [0.1, 0.15) is 5.82 Å². The van der Waals surface area contributed by atoms with Crippen LogP contribution in [0.2, 0.25) is 0 Å². The molecule has 0 saturated carbocycles. The predicted octanol–water partition coefficient (Wildman–Crippen LogP) is 3.00. The van der Waals surface area contributed by atoms with E-state index in [0.717, 1.165) is 11.3 Å². The Morgan fingerprint density at radius 3 is 2.88 bits per heavy atom. The van der Waals surface area contributed by atoms with Gasteiger partial charge in [0.25, 0.3) is 0 Å². The van der Waals surface area contributed by atoms with E-state index in [1.807, 2.05) is 10.6 Å². The fourth-order valence-electron chi connectivity index (χ4n) is 1.60. The molecule has 0 bridgehead atoms. The lowest BCUT2D eigenvalue weighted by atomic mass is 10.1. The van der Waals surface area contributed by atoms with E-state index in [2.05, 4.69) is 4.98 Å². The number of imidazole rings is 1. The summed E-state index contributed by atoms with van der Waals surface area (Å²) in [4.78, 5) is 4.01. The maximum Gasteiger partial charge on any atom is 0.126 e. The number of alkyl halides is 1. The molecule has 1 aromatic heterocycles. The summed E-state index contributed by atoms with van der Waals surface area (Å²) in [6.45, 7) is 0.697. The Kier molecular flexibility index (Phi) is 3.57. The van der Waals surface area contributed by atoms with Crippen LogP contribution in [0.5, 0.6) is 0 Å². The lowest BCUT2D eigenvalue weighted by Crippen LogP contribution is -2.04. The van der Waals surface area contributed by atoms with Gasteiger partial charge in [-0.3, -0.25) is 0 Å². The van der Waals surface area contributed by atoms with Crippen molar-refractivity contribution in [3.05, 3.63) is 53.9 Å². The smallest absolute Gasteiger partial charge is 0.126 e. The third-order valence-electron chi connectivity index (χ3n) is 2.52. The van der Waals surface area contributed by atoms with Crippen LogP contribution < -0.4 is 0 Å². The summed E-state index contributed by atoms with van der Waals surface area (Å²) in [5, 5.41) is 0. The van der Waals surface area contributed by atoms with Crippen LogP contribution in [-0.4, -0.2) is 9.55 Å². The monoisotopic (exact) mass is 238 g/mol. The average Bonchev–Trinajstić information content (AvgIpc) is 2.75. The summed E-state index contributed by atoms with van der Waals surface area (Å²) in [6, 6.07) is 6.81. The molecule has 2 aromatic rings. The van der Waals surface area contributed by atoms with Gasteiger partial charge >= 0.3 is 0 Å². The van der Waals surface area contributed by atoms with E-state index in [1.54, 1.807) is 24.7 Å². The Balaban J connectivity index is 2.05. The molecule has 0 amide bonds. The van der Waals surface area contributed by atoms with Crippen molar-refractivity contribution in [3.8, 4) is 0 Å². The second-order valence-electron chi connectivity index (χ2n) is 3.55. The molecule has 0 aliphatic heterocycles. The average molecular weight is 239 g/mol. The summed E-state index contributed by atoms with van der Waals surface area (Å²) in [5.41, 5.74) is 1.68. The van der Waals surface area contributed by atoms with E-state index in [0.29, 0.717) is 18.8 Å². The maximum absolute atomic E-state index is 13.3. The van der Waals surface area contributed by atoms with Gasteiger partial charge in [0, 0.05) is 12.7 Å². The molecule has 2 nitrogen and oxygen atoms in total. The second kappa shape index (κ2) is 5.12. The molecule has 0 aliphatic carbocycles. The summed E-state index contributed by atoms with van der Waals surface area (Å²) in [5.74, 6) is 0.270. The van der Waals surface area contributed by atoms with Crippen LogP contribution >= 0.6 is 11.6 Å². The molecular formula is C12H12ClFN2. The van der Waals surface area contributed by atoms with Crippen LogP contribution in [0, 0.1) is 5.82 Å². The third-order valence-corrected chi connectivity index (χ3v) is 2.79. The number of halogens is 2. The minimum absolute atomic E-state index is 0.157. The van der Waals surface area contributed by atoms with Crippen LogP contribution in [0.25, 0.3) is 0 Å². The normalized spacial score (nSPS) is 10.6. The van der Waals surface area contributed by atoms with Gasteiger partial charge in [0.15, 0.2) is 0 Å². The summed E-state index contributed by atoms with van der Waals surface area (Å²) < 4.78 is 15.3. The van der Waals surface area contributed by atoms with Gasteiger partial charge in [-0.25, -0.2) is 9.37 Å². The maximum atomic E-state index is 13.3. The van der Waals surface area contributed by atoms with E-state index in [1.165, 1.54) is 6.07 Å². The van der Waals surface area contributed by atoms with Gasteiger partial charge in [0.2, 0.25) is 0 Å². The number of rotatable bonds is 4. The molecule has 2 rings (SSSR count). The first kappa shape index (κ1) is 11.1. The summed E-state index contributed by atoms with van der Waals surface area (Å²) >= 11 is 5.75. The molecule has 4 heteroatoms. The fraction of sp³-hybridized carbons (Fsp3) is 0.250. The highest BCUT2D eigenvalue weighted by molar-refractivity contribution is 6.16. The number of benzene rings is 1. The molecule has 0 spiro atoms. The Morgan fingerprint density at radius 2 is 2.12 bits per heavy atom. The van der Waals surface area contributed by atoms with Crippen LogP contribution in [0.15, 0.2) is 36.8 Å². The van der Waals surface area contributed by atoms with E-state index >= 15 is 0 Å². The Bertz CT molecular complexity index is 468. The first-order valence-electron chi connectivity index (χ1n) is 5.09. The van der Waals surface area contributed by atoms with E-state index in [-0.39, 0.29) is 5.82 Å². The predicted molar refractivity (Wildman–Crippen MR) is 61.9 cm³/mol. The minimum atomic E-state index is -0.157. The molecule has 0 saturated heterocycles. The SMILES string of the molecule is Fc1ccccc1CCn1cncc1CCl. The second-order valence-corrected chi connectivity index (χ2v) is 3.82. The first-order valence-corrected chi connectivity index (χ1v) is 5.63. The Hall–Kier alpha value is -1.35. The van der Waals surface area contributed by atoms with Crippen molar-refractivity contribution in [1.82, 2.24) is 9.55 Å². The molecule has 1 heterocycles. The highest BCUT2D eigenvalue weighted by Gasteiger charge is 2.03. The zero-order valence-corrected chi connectivity index (χ0v) is 9.49. The quantitative estimate of drug-likeness (QED) is 0.749. The summed E-state index contributed by atoms with van der Waals surface area (Å²) in [6.07, 6.45) is 4.10. The molecule has 0 fully saturated rings. The van der Waals surface area contributed by atoms with Gasteiger partial charge in [-0.15, -0.1) is 11.6 Å². The third kappa shape index (κ3) is 2.42. The van der Waals surface area contributed by atoms with Crippen LogP contribution in [0.4, 0.5) is 4.39 Å². The van der Waals surface area contributed by atoms with Crippen LogP contribution in [-0.2, 0) is 18.8 Å². The fourth-order valence-corrected chi connectivity index (χ4v) is 1.83. The number of nitrogens with zero attached hydrogens (tertiary/aromatic N) is 2. The molecule has 16 heavy (non-hydrogen) atoms. The van der Waals surface area contributed by atoms with Crippen LogP contribution in [0.3, 0.4) is 0 Å². The molecule has 1 aromatic carbocycles. The van der Waals surface area contributed by atoms with Crippen molar-refractivity contribution in [1.29, 1.82) is 0 Å². The van der Waals surface area contributed by atoms with Gasteiger partial charge in [-0.05, 0) is 18.1 Å². The lowest BCUT2D eigenvalue weighted by Gasteiger charge is -2.06. The zero-order chi connectivity index (χ0) is 11.4. The number of aromatic nitrogens is 2. The zero-order valence-electron chi connectivity index (χ0n) is 8.74. The van der Waals surface area contributed by atoms with Crippen molar-refractivity contribution in [3.63, 3.8) is 0 Å². The number of aryl methyl sites for hydroxylation is 2. The molecule has 84 valence electrons. The van der Waals surface area contributed by atoms with E-state index in [9.17, 15) is 4.39 Å². The van der Waals surface area contributed by atoms with Gasteiger partial charge < -0.3 is 4.57 Å².